The van der Waals surface area contributed by atoms with Crippen LogP contribution in [-0.4, -0.2) is 57.7 Å². The van der Waals surface area contributed by atoms with Gasteiger partial charge < -0.3 is 10.2 Å². The minimum atomic E-state index is -1.70. The number of Topliss-reactive ketones (excluding diaryl/α,β-unsaturated/α-hetero) is 2. The van der Waals surface area contributed by atoms with Crippen molar-refractivity contribution in [2.45, 2.75) is 12.1 Å². The maximum atomic E-state index is 12.2. The number of carboxylic acids is 2. The van der Waals surface area contributed by atoms with E-state index in [0.29, 0.717) is 0 Å². The van der Waals surface area contributed by atoms with Crippen LogP contribution in [0.15, 0.2) is 24.3 Å². The van der Waals surface area contributed by atoms with Gasteiger partial charge in [-0.3, -0.25) is 24.1 Å². The summed E-state index contributed by atoms with van der Waals surface area (Å²) in [7, 11) is 1.14. The van der Waals surface area contributed by atoms with E-state index in [0.717, 1.165) is 11.9 Å². The molecule has 0 saturated carbocycles. The summed E-state index contributed by atoms with van der Waals surface area (Å²) >= 11 is 0. The van der Waals surface area contributed by atoms with E-state index in [-0.39, 0.29) is 11.1 Å². The van der Waals surface area contributed by atoms with Crippen LogP contribution in [0, 0.1) is 0 Å². The van der Waals surface area contributed by atoms with Crippen LogP contribution in [0.25, 0.3) is 0 Å². The molecular weight excluding hydrogens is 266 g/mol. The lowest BCUT2D eigenvalue weighted by Gasteiger charge is -2.25. The van der Waals surface area contributed by atoms with Gasteiger partial charge in [0.2, 0.25) is 0 Å². The molecule has 2 atom stereocenters. The van der Waals surface area contributed by atoms with E-state index < -0.39 is 35.6 Å². The molecule has 0 radical (unpaired) electrons. The Morgan fingerprint density at radius 2 is 1.30 bits per heavy atom. The van der Waals surface area contributed by atoms with Crippen molar-refractivity contribution in [2.24, 2.45) is 0 Å². The van der Waals surface area contributed by atoms with Gasteiger partial charge >= 0.3 is 11.9 Å². The molecule has 7 nitrogen and oxygen atoms in total. The van der Waals surface area contributed by atoms with Crippen molar-refractivity contribution in [3.05, 3.63) is 35.4 Å². The fourth-order valence-electron chi connectivity index (χ4n) is 2.30. The lowest BCUT2D eigenvalue weighted by molar-refractivity contribution is -0.145. The first-order chi connectivity index (χ1) is 9.36. The molecule has 104 valence electrons. The lowest BCUT2D eigenvalue weighted by atomic mass is 9.97. The molecule has 0 bridgehead atoms. The third-order valence-electron chi connectivity index (χ3n) is 3.24. The van der Waals surface area contributed by atoms with E-state index in [9.17, 15) is 19.2 Å². The molecule has 0 fully saturated rings. The fourth-order valence-corrected chi connectivity index (χ4v) is 2.30. The topological polar surface area (TPSA) is 112 Å². The Morgan fingerprint density at radius 1 is 0.950 bits per heavy atom. The van der Waals surface area contributed by atoms with E-state index in [1.165, 1.54) is 24.3 Å². The summed E-state index contributed by atoms with van der Waals surface area (Å²) in [4.78, 5) is 47.7. The molecule has 1 heterocycles. The van der Waals surface area contributed by atoms with Gasteiger partial charge in [-0.25, -0.2) is 0 Å². The summed E-state index contributed by atoms with van der Waals surface area (Å²) in [5.41, 5.74) is -0.138. The van der Waals surface area contributed by atoms with Crippen LogP contribution in [0.2, 0.25) is 0 Å². The maximum absolute atomic E-state index is 12.2. The molecule has 2 unspecified atom stereocenters. The summed E-state index contributed by atoms with van der Waals surface area (Å²) in [5, 5.41) is 18.3. The van der Waals surface area contributed by atoms with Crippen molar-refractivity contribution in [1.82, 2.24) is 4.90 Å². The van der Waals surface area contributed by atoms with Crippen molar-refractivity contribution >= 4 is 23.5 Å². The Labute approximate surface area is 113 Å². The molecule has 0 amide bonds. The zero-order chi connectivity index (χ0) is 15.0. The van der Waals surface area contributed by atoms with E-state index >= 15 is 0 Å². The van der Waals surface area contributed by atoms with Crippen molar-refractivity contribution in [3.63, 3.8) is 0 Å². The van der Waals surface area contributed by atoms with Gasteiger partial charge in [-0.15, -0.1) is 0 Å². The van der Waals surface area contributed by atoms with Crippen molar-refractivity contribution in [2.75, 3.05) is 7.05 Å². The number of hydrogen-bond donors (Lipinski definition) is 2. The normalized spacial score (nSPS) is 23.1. The Bertz CT molecular complexity index is 570. The van der Waals surface area contributed by atoms with Crippen LogP contribution in [0.4, 0.5) is 0 Å². The first-order valence-corrected chi connectivity index (χ1v) is 5.71. The molecule has 0 spiro atoms. The Hall–Kier alpha value is -2.54. The number of fused-ring (bicyclic) bond motifs is 1. The van der Waals surface area contributed by atoms with E-state index in [2.05, 4.69) is 0 Å². The van der Waals surface area contributed by atoms with Crippen LogP contribution >= 0.6 is 0 Å². The lowest BCUT2D eigenvalue weighted by Crippen LogP contribution is -2.53. The summed E-state index contributed by atoms with van der Waals surface area (Å²) < 4.78 is 0. The zero-order valence-corrected chi connectivity index (χ0v) is 10.4. The number of ketones is 2. The first kappa shape index (κ1) is 13.9. The van der Waals surface area contributed by atoms with Gasteiger partial charge in [-0.05, 0) is 7.05 Å². The SMILES string of the molecule is CN1C(C(=O)O)C(=O)c2ccccc2C(=O)C1C(=O)O. The fraction of sp³-hybridized carbons (Fsp3) is 0.231. The molecular formula is C13H11NO6. The average Bonchev–Trinajstić information content (AvgIpc) is 2.45. The van der Waals surface area contributed by atoms with Crippen molar-refractivity contribution < 1.29 is 29.4 Å². The van der Waals surface area contributed by atoms with Gasteiger partial charge in [0, 0.05) is 11.1 Å². The zero-order valence-electron chi connectivity index (χ0n) is 10.4. The molecule has 1 aromatic carbocycles. The minimum absolute atomic E-state index is 0.0690. The second kappa shape index (κ2) is 4.86. The van der Waals surface area contributed by atoms with Gasteiger partial charge in [0.15, 0.2) is 23.7 Å². The molecule has 7 heteroatoms. The van der Waals surface area contributed by atoms with Crippen molar-refractivity contribution in [1.29, 1.82) is 0 Å². The second-order valence-electron chi connectivity index (χ2n) is 4.42. The number of carbonyl (C=O) groups excluding carboxylic acids is 2. The molecule has 20 heavy (non-hydrogen) atoms. The quantitative estimate of drug-likeness (QED) is 0.726. The van der Waals surface area contributed by atoms with Gasteiger partial charge in [-0.1, -0.05) is 24.3 Å². The highest BCUT2D eigenvalue weighted by Gasteiger charge is 2.46. The Kier molecular flexibility index (Phi) is 3.37. The van der Waals surface area contributed by atoms with E-state index in [1.54, 1.807) is 0 Å². The Morgan fingerprint density at radius 3 is 1.60 bits per heavy atom. The third kappa shape index (κ3) is 1.97. The van der Waals surface area contributed by atoms with Gasteiger partial charge in [-0.2, -0.15) is 0 Å². The highest BCUT2D eigenvalue weighted by atomic mass is 16.4. The van der Waals surface area contributed by atoms with Crippen LogP contribution < -0.4 is 0 Å². The molecule has 0 saturated heterocycles. The predicted octanol–water partition coefficient (Wildman–Crippen LogP) is -0.0962. The number of nitrogens with zero attached hydrogens (tertiary/aromatic N) is 1. The average molecular weight is 277 g/mol. The molecule has 1 aliphatic heterocycles. The van der Waals surface area contributed by atoms with E-state index in [1.807, 2.05) is 0 Å². The third-order valence-corrected chi connectivity index (χ3v) is 3.24. The smallest absolute Gasteiger partial charge is 0.329 e. The van der Waals surface area contributed by atoms with Gasteiger partial charge in [0.1, 0.15) is 0 Å². The monoisotopic (exact) mass is 277 g/mol. The molecule has 1 aliphatic rings. The van der Waals surface area contributed by atoms with Crippen molar-refractivity contribution in [3.8, 4) is 0 Å². The molecule has 1 aromatic rings. The largest absolute Gasteiger partial charge is 0.480 e. The number of rotatable bonds is 2. The number of likely N-dealkylation sites (N-methyl/N-ethyl adjacent to an activating group) is 1. The highest BCUT2D eigenvalue weighted by molar-refractivity contribution is 6.23. The summed E-state index contributed by atoms with van der Waals surface area (Å²) in [6.07, 6.45) is 0. The molecule has 0 aromatic heterocycles. The number of aliphatic carboxylic acids is 2. The molecule has 2 rings (SSSR count). The van der Waals surface area contributed by atoms with Crippen LogP contribution in [0.5, 0.6) is 0 Å². The van der Waals surface area contributed by atoms with E-state index in [4.69, 9.17) is 10.2 Å². The summed E-state index contributed by atoms with van der Waals surface area (Å²) in [6.45, 7) is 0. The van der Waals surface area contributed by atoms with Crippen LogP contribution in [0.3, 0.4) is 0 Å². The summed E-state index contributed by atoms with van der Waals surface area (Å²) in [6, 6.07) is 2.22. The standard InChI is InChI=1S/C13H11NO6/c1-14-8(12(17)18)10(15)6-4-2-3-5-7(6)11(16)9(14)13(19)20/h2-5,8-9H,1H3,(H,17,18)(H,19,20). The highest BCUT2D eigenvalue weighted by Crippen LogP contribution is 2.23. The summed E-state index contributed by atoms with van der Waals surface area (Å²) in [5.74, 6) is -4.58. The van der Waals surface area contributed by atoms with Gasteiger partial charge in [0.05, 0.1) is 0 Å². The number of benzene rings is 1. The first-order valence-electron chi connectivity index (χ1n) is 5.71. The maximum Gasteiger partial charge on any atom is 0.329 e. The number of hydrogen-bond acceptors (Lipinski definition) is 5. The van der Waals surface area contributed by atoms with Gasteiger partial charge in [0.25, 0.3) is 0 Å². The molecule has 0 aliphatic carbocycles. The minimum Gasteiger partial charge on any atom is -0.480 e. The number of carboxylic acid groups (broad SMARTS) is 2. The van der Waals surface area contributed by atoms with Crippen LogP contribution in [0.1, 0.15) is 20.7 Å². The second-order valence-corrected chi connectivity index (χ2v) is 4.42. The number of carbonyl (C=O) groups is 4. The van der Waals surface area contributed by atoms with Crippen LogP contribution in [-0.2, 0) is 9.59 Å². The molecule has 2 N–H and O–H groups in total. The Balaban J connectivity index is 2.70. The predicted molar refractivity (Wildman–Crippen MR) is 65.7 cm³/mol.